The minimum atomic E-state index is -4.58. The van der Waals surface area contributed by atoms with E-state index in [1.54, 1.807) is 12.1 Å². The average Bonchev–Trinajstić information content (AvgIpc) is 3.33. The van der Waals surface area contributed by atoms with Crippen LogP contribution in [0.3, 0.4) is 0 Å². The molecule has 3 aromatic rings. The number of benzene rings is 1. The van der Waals surface area contributed by atoms with Gasteiger partial charge in [0.1, 0.15) is 17.4 Å². The third-order valence-electron chi connectivity index (χ3n) is 4.62. The number of nitrogens with one attached hydrogen (secondary N) is 1. The highest BCUT2D eigenvalue weighted by Gasteiger charge is 2.38. The Balaban J connectivity index is 1.45. The first-order valence-electron chi connectivity index (χ1n) is 9.11. The maximum atomic E-state index is 13.0. The van der Waals surface area contributed by atoms with Gasteiger partial charge in [-0.15, -0.1) is 0 Å². The van der Waals surface area contributed by atoms with Crippen molar-refractivity contribution in [1.29, 1.82) is 0 Å². The van der Waals surface area contributed by atoms with Crippen LogP contribution in [-0.4, -0.2) is 25.5 Å². The smallest absolute Gasteiger partial charge is 0.306 e. The molecule has 0 radical (unpaired) electrons. The van der Waals surface area contributed by atoms with Crippen molar-refractivity contribution >= 4 is 23.3 Å². The summed E-state index contributed by atoms with van der Waals surface area (Å²) < 4.78 is 54.5. The summed E-state index contributed by atoms with van der Waals surface area (Å²) in [4.78, 5) is 12.4. The van der Waals surface area contributed by atoms with Crippen LogP contribution in [0.4, 0.5) is 23.4 Å². The molecule has 1 amide bonds. The predicted molar refractivity (Wildman–Crippen MR) is 101 cm³/mol. The number of amides is 1. The Morgan fingerprint density at radius 2 is 1.90 bits per heavy atom. The molecule has 1 saturated carbocycles. The highest BCUT2D eigenvalue weighted by atomic mass is 35.5. The number of alkyl halides is 3. The van der Waals surface area contributed by atoms with Crippen molar-refractivity contribution in [2.45, 2.75) is 38.0 Å². The lowest BCUT2D eigenvalue weighted by atomic mass is 10.2. The van der Waals surface area contributed by atoms with Gasteiger partial charge in [0.2, 0.25) is 5.91 Å². The summed E-state index contributed by atoms with van der Waals surface area (Å²) in [5, 5.41) is 10.4. The molecule has 1 N–H and O–H groups in total. The molecule has 0 bridgehead atoms. The molecule has 1 aromatic carbocycles. The van der Waals surface area contributed by atoms with Crippen molar-refractivity contribution in [3.63, 3.8) is 0 Å². The molecule has 0 saturated heterocycles. The van der Waals surface area contributed by atoms with Crippen LogP contribution in [0.5, 0.6) is 0 Å². The lowest BCUT2D eigenvalue weighted by molar-refractivity contribution is -0.141. The summed E-state index contributed by atoms with van der Waals surface area (Å²) in [5.74, 6) is -0.884. The molecule has 2 heterocycles. The number of nitrogens with zero attached hydrogens (tertiary/aromatic N) is 4. The highest BCUT2D eigenvalue weighted by Crippen LogP contribution is 2.42. The van der Waals surface area contributed by atoms with E-state index in [9.17, 15) is 22.4 Å². The summed E-state index contributed by atoms with van der Waals surface area (Å²) in [6.07, 6.45) is -1.55. The number of hydrogen-bond acceptors (Lipinski definition) is 3. The van der Waals surface area contributed by atoms with E-state index >= 15 is 0 Å². The Morgan fingerprint density at radius 1 is 1.20 bits per heavy atom. The molecule has 1 fully saturated rings. The number of halogens is 5. The van der Waals surface area contributed by atoms with Gasteiger partial charge in [0.15, 0.2) is 11.5 Å². The lowest BCUT2D eigenvalue weighted by Gasteiger charge is -2.07. The summed E-state index contributed by atoms with van der Waals surface area (Å²) in [7, 11) is 0. The van der Waals surface area contributed by atoms with Gasteiger partial charge >= 0.3 is 6.18 Å². The third-order valence-corrected chi connectivity index (χ3v) is 4.90. The summed E-state index contributed by atoms with van der Waals surface area (Å²) >= 11 is 6.11. The van der Waals surface area contributed by atoms with E-state index in [1.165, 1.54) is 23.0 Å². The zero-order chi connectivity index (χ0) is 21.5. The van der Waals surface area contributed by atoms with E-state index < -0.39 is 17.8 Å². The van der Waals surface area contributed by atoms with Crippen LogP contribution in [0.1, 0.15) is 35.7 Å². The summed E-state index contributed by atoms with van der Waals surface area (Å²) in [6, 6.07) is 6.83. The fraction of sp³-hybridized carbons (Fsp3) is 0.316. The third kappa shape index (κ3) is 4.64. The lowest BCUT2D eigenvalue weighted by Crippen LogP contribution is -2.21. The van der Waals surface area contributed by atoms with E-state index in [0.29, 0.717) is 12.2 Å². The quantitative estimate of drug-likeness (QED) is 0.575. The average molecular weight is 442 g/mol. The van der Waals surface area contributed by atoms with E-state index in [0.717, 1.165) is 29.2 Å². The van der Waals surface area contributed by atoms with Crippen molar-refractivity contribution < 1.29 is 22.4 Å². The number of hydrogen-bond donors (Lipinski definition) is 1. The van der Waals surface area contributed by atoms with Crippen LogP contribution in [-0.2, 0) is 24.1 Å². The van der Waals surface area contributed by atoms with E-state index in [4.69, 9.17) is 11.6 Å². The first kappa shape index (κ1) is 20.4. The number of carbonyl (C=O) groups is 1. The molecule has 4 rings (SSSR count). The van der Waals surface area contributed by atoms with Crippen LogP contribution >= 0.6 is 11.6 Å². The highest BCUT2D eigenvalue weighted by molar-refractivity contribution is 6.33. The normalized spacial score (nSPS) is 14.2. The Morgan fingerprint density at radius 3 is 2.53 bits per heavy atom. The minimum Gasteiger partial charge on any atom is -0.306 e. The van der Waals surface area contributed by atoms with Crippen LogP contribution < -0.4 is 5.32 Å². The largest absolute Gasteiger partial charge is 0.435 e. The van der Waals surface area contributed by atoms with Gasteiger partial charge in [-0.3, -0.25) is 14.2 Å². The van der Waals surface area contributed by atoms with Gasteiger partial charge in [0.25, 0.3) is 0 Å². The maximum Gasteiger partial charge on any atom is 0.435 e. The molecule has 158 valence electrons. The second-order valence-corrected chi connectivity index (χ2v) is 7.49. The van der Waals surface area contributed by atoms with Gasteiger partial charge in [0, 0.05) is 17.8 Å². The Labute approximate surface area is 173 Å². The fourth-order valence-electron chi connectivity index (χ4n) is 3.05. The number of anilines is 1. The van der Waals surface area contributed by atoms with Gasteiger partial charge in [-0.05, 0) is 36.6 Å². The van der Waals surface area contributed by atoms with Crippen LogP contribution in [0.2, 0.25) is 5.02 Å². The van der Waals surface area contributed by atoms with E-state index in [1.807, 2.05) is 0 Å². The molecule has 30 heavy (non-hydrogen) atoms. The molecule has 0 unspecified atom stereocenters. The van der Waals surface area contributed by atoms with Crippen LogP contribution in [0, 0.1) is 5.82 Å². The standard InChI is InChI=1S/C19H16ClF4N5O/c20-14-9-28(8-11-1-5-13(21)6-2-11)27-18(14)25-17(30)10-29-15(12-3-4-12)7-16(26-29)19(22,23)24/h1-2,5-7,9,12H,3-4,8,10H2,(H,25,27,30). The molecule has 1 aliphatic carbocycles. The molecule has 0 aliphatic heterocycles. The van der Waals surface area contributed by atoms with Gasteiger partial charge in [0.05, 0.1) is 6.54 Å². The maximum absolute atomic E-state index is 13.0. The molecule has 0 atom stereocenters. The first-order chi connectivity index (χ1) is 14.2. The van der Waals surface area contributed by atoms with Crippen molar-refractivity contribution in [2.75, 3.05) is 5.32 Å². The number of carbonyl (C=O) groups excluding carboxylic acids is 1. The second-order valence-electron chi connectivity index (χ2n) is 7.08. The monoisotopic (exact) mass is 441 g/mol. The Hall–Kier alpha value is -2.88. The zero-order valence-corrected chi connectivity index (χ0v) is 16.2. The Bertz CT molecular complexity index is 1070. The molecule has 6 nitrogen and oxygen atoms in total. The SMILES string of the molecule is O=C(Cn1nc(C(F)(F)F)cc1C1CC1)Nc1nn(Cc2ccc(F)cc2)cc1Cl. The molecular weight excluding hydrogens is 426 g/mol. The summed E-state index contributed by atoms with van der Waals surface area (Å²) in [6.45, 7) is -0.0845. The topological polar surface area (TPSA) is 64.7 Å². The van der Waals surface area contributed by atoms with Crippen molar-refractivity contribution in [3.8, 4) is 0 Å². The van der Waals surface area contributed by atoms with Crippen molar-refractivity contribution in [2.24, 2.45) is 0 Å². The van der Waals surface area contributed by atoms with Crippen molar-refractivity contribution in [3.05, 3.63) is 64.3 Å². The molecule has 2 aromatic heterocycles. The van der Waals surface area contributed by atoms with Crippen molar-refractivity contribution in [1.82, 2.24) is 19.6 Å². The van der Waals surface area contributed by atoms with E-state index in [-0.39, 0.29) is 29.1 Å². The van der Waals surface area contributed by atoms with E-state index in [2.05, 4.69) is 15.5 Å². The fourth-order valence-corrected chi connectivity index (χ4v) is 3.25. The molecule has 11 heteroatoms. The Kier molecular flexibility index (Phi) is 5.27. The first-order valence-corrected chi connectivity index (χ1v) is 9.49. The molecular formula is C19H16ClF4N5O. The van der Waals surface area contributed by atoms with Gasteiger partial charge in [-0.1, -0.05) is 23.7 Å². The predicted octanol–water partition coefficient (Wildman–Crippen LogP) is 4.46. The van der Waals surface area contributed by atoms with Gasteiger partial charge in [-0.2, -0.15) is 23.4 Å². The summed E-state index contributed by atoms with van der Waals surface area (Å²) in [5.41, 5.74) is 0.156. The second kappa shape index (κ2) is 7.75. The van der Waals surface area contributed by atoms with Gasteiger partial charge in [-0.25, -0.2) is 4.39 Å². The number of aromatic nitrogens is 4. The molecule has 1 aliphatic rings. The molecule has 0 spiro atoms. The number of rotatable bonds is 6. The minimum absolute atomic E-state index is 0.0140. The van der Waals surface area contributed by atoms with Crippen LogP contribution in [0.15, 0.2) is 36.5 Å². The zero-order valence-electron chi connectivity index (χ0n) is 15.5. The van der Waals surface area contributed by atoms with Gasteiger partial charge < -0.3 is 5.32 Å². The van der Waals surface area contributed by atoms with Crippen LogP contribution in [0.25, 0.3) is 0 Å².